The zero-order valence-electron chi connectivity index (χ0n) is 17.1. The van der Waals surface area contributed by atoms with Gasteiger partial charge in [0, 0.05) is 37.1 Å². The Balaban J connectivity index is 1.32. The second-order valence-corrected chi connectivity index (χ2v) is 7.64. The molecule has 7 nitrogen and oxygen atoms in total. The highest BCUT2D eigenvalue weighted by molar-refractivity contribution is 5.80. The van der Waals surface area contributed by atoms with Crippen LogP contribution in [0.2, 0.25) is 0 Å². The number of amides is 2. The number of methoxy groups -OCH3 is 1. The number of likely N-dealkylation sites (tertiary alicyclic amines) is 1. The molecule has 3 aromatic rings. The number of hydrogen-bond donors (Lipinski definition) is 1. The van der Waals surface area contributed by atoms with E-state index in [0.29, 0.717) is 25.9 Å². The van der Waals surface area contributed by atoms with Crippen molar-refractivity contribution in [2.75, 3.05) is 13.7 Å². The highest BCUT2D eigenvalue weighted by Crippen LogP contribution is 2.18. The van der Waals surface area contributed by atoms with Crippen LogP contribution in [0, 0.1) is 0 Å². The van der Waals surface area contributed by atoms with E-state index in [1.54, 1.807) is 11.8 Å². The van der Waals surface area contributed by atoms with Crippen LogP contribution in [0.3, 0.4) is 0 Å². The van der Waals surface area contributed by atoms with Gasteiger partial charge in [0.25, 0.3) is 0 Å². The van der Waals surface area contributed by atoms with Gasteiger partial charge in [-0.05, 0) is 36.6 Å². The van der Waals surface area contributed by atoms with Crippen molar-refractivity contribution in [1.82, 2.24) is 20.0 Å². The zero-order chi connectivity index (χ0) is 20.9. The normalized spacial score (nSPS) is 17.0. The van der Waals surface area contributed by atoms with Crippen molar-refractivity contribution in [2.45, 2.75) is 38.4 Å². The second kappa shape index (κ2) is 8.98. The number of benzene rings is 2. The number of rotatable bonds is 6. The van der Waals surface area contributed by atoms with Crippen molar-refractivity contribution in [3.8, 4) is 5.75 Å². The van der Waals surface area contributed by atoms with Crippen LogP contribution in [0.1, 0.15) is 24.8 Å². The number of aromatic nitrogens is 2. The summed E-state index contributed by atoms with van der Waals surface area (Å²) in [4.78, 5) is 26.9. The summed E-state index contributed by atoms with van der Waals surface area (Å²) in [5, 5.41) is 8.52. The third kappa shape index (κ3) is 4.79. The molecule has 1 aliphatic rings. The monoisotopic (exact) mass is 406 g/mol. The van der Waals surface area contributed by atoms with Gasteiger partial charge in [0.2, 0.25) is 11.8 Å². The van der Waals surface area contributed by atoms with E-state index in [1.165, 1.54) is 0 Å². The molecule has 4 rings (SSSR count). The summed E-state index contributed by atoms with van der Waals surface area (Å²) in [7, 11) is 1.63. The molecule has 30 heavy (non-hydrogen) atoms. The van der Waals surface area contributed by atoms with E-state index in [0.717, 1.165) is 28.6 Å². The number of carbonyl (C=O) groups excluding carboxylic acids is 2. The minimum absolute atomic E-state index is 0.0123. The lowest BCUT2D eigenvalue weighted by Gasteiger charge is -2.21. The topological polar surface area (TPSA) is 76.5 Å². The fraction of sp³-hybridized carbons (Fsp3) is 0.348. The Hall–Kier alpha value is -3.35. The van der Waals surface area contributed by atoms with E-state index in [1.807, 2.05) is 59.6 Å². The summed E-state index contributed by atoms with van der Waals surface area (Å²) in [6, 6.07) is 15.5. The number of ether oxygens (including phenoxy) is 1. The first-order chi connectivity index (χ1) is 14.6. The van der Waals surface area contributed by atoms with E-state index in [9.17, 15) is 9.59 Å². The van der Waals surface area contributed by atoms with Gasteiger partial charge in [-0.3, -0.25) is 14.3 Å². The minimum Gasteiger partial charge on any atom is -0.497 e. The quantitative estimate of drug-likeness (QED) is 0.683. The fourth-order valence-electron chi connectivity index (χ4n) is 3.86. The average Bonchev–Trinajstić information content (AvgIpc) is 3.08. The van der Waals surface area contributed by atoms with Crippen LogP contribution in [0.4, 0.5) is 0 Å². The Morgan fingerprint density at radius 1 is 1.20 bits per heavy atom. The number of hydrogen-bond acceptors (Lipinski definition) is 4. The summed E-state index contributed by atoms with van der Waals surface area (Å²) in [5.74, 6) is 0.820. The van der Waals surface area contributed by atoms with E-state index in [2.05, 4.69) is 10.4 Å². The number of fused-ring (bicyclic) bond motifs is 1. The molecule has 1 saturated heterocycles. The molecule has 7 heteroatoms. The lowest BCUT2D eigenvalue weighted by Crippen LogP contribution is -2.37. The lowest BCUT2D eigenvalue weighted by atomic mass is 10.1. The molecule has 1 N–H and O–H groups in total. The average molecular weight is 406 g/mol. The molecule has 2 aromatic carbocycles. The molecule has 0 saturated carbocycles. The maximum atomic E-state index is 12.6. The zero-order valence-corrected chi connectivity index (χ0v) is 17.1. The van der Waals surface area contributed by atoms with Crippen molar-refractivity contribution in [1.29, 1.82) is 0 Å². The van der Waals surface area contributed by atoms with Gasteiger partial charge < -0.3 is 15.0 Å². The van der Waals surface area contributed by atoms with Crippen LogP contribution in [-0.2, 0) is 22.7 Å². The molecule has 2 heterocycles. The predicted molar refractivity (Wildman–Crippen MR) is 114 cm³/mol. The van der Waals surface area contributed by atoms with E-state index in [4.69, 9.17) is 4.74 Å². The Bertz CT molecular complexity index is 1010. The molecule has 2 amide bonds. The molecule has 1 aromatic heterocycles. The number of nitrogens with one attached hydrogen (secondary N) is 1. The van der Waals surface area contributed by atoms with E-state index >= 15 is 0 Å². The largest absolute Gasteiger partial charge is 0.497 e. The van der Waals surface area contributed by atoms with Gasteiger partial charge in [-0.1, -0.05) is 30.3 Å². The Labute approximate surface area is 175 Å². The first kappa shape index (κ1) is 19.9. The lowest BCUT2D eigenvalue weighted by molar-refractivity contribution is -0.131. The molecule has 0 aliphatic carbocycles. The molecule has 0 bridgehead atoms. The van der Waals surface area contributed by atoms with Gasteiger partial charge in [0.15, 0.2) is 0 Å². The Morgan fingerprint density at radius 3 is 2.90 bits per heavy atom. The molecule has 1 fully saturated rings. The maximum absolute atomic E-state index is 12.6. The van der Waals surface area contributed by atoms with Crippen LogP contribution < -0.4 is 10.1 Å². The highest BCUT2D eigenvalue weighted by Gasteiger charge is 2.24. The third-order valence-corrected chi connectivity index (χ3v) is 5.45. The smallest absolute Gasteiger partial charge is 0.241 e. The molecular weight excluding hydrogens is 380 g/mol. The van der Waals surface area contributed by atoms with Crippen molar-refractivity contribution in [2.24, 2.45) is 0 Å². The Kier molecular flexibility index (Phi) is 5.97. The molecule has 1 aliphatic heterocycles. The summed E-state index contributed by atoms with van der Waals surface area (Å²) in [6.45, 7) is 1.34. The second-order valence-electron chi connectivity index (χ2n) is 7.64. The summed E-state index contributed by atoms with van der Waals surface area (Å²) >= 11 is 0. The molecule has 156 valence electrons. The standard InChI is InChI=1S/C23H26N4O3/c1-30-20-7-4-5-17(13-20)14-26-12-11-19(9-10-23(26)29)24-22(28)16-27-15-18-6-2-3-8-21(18)25-27/h2-8,13,15,19H,9-12,14,16H2,1H3,(H,24,28). The molecule has 0 radical (unpaired) electrons. The van der Waals surface area contributed by atoms with E-state index < -0.39 is 0 Å². The summed E-state index contributed by atoms with van der Waals surface area (Å²) in [6.07, 6.45) is 3.70. The first-order valence-corrected chi connectivity index (χ1v) is 10.2. The van der Waals surface area contributed by atoms with Gasteiger partial charge in [-0.2, -0.15) is 5.10 Å². The van der Waals surface area contributed by atoms with Crippen LogP contribution in [0.15, 0.2) is 54.7 Å². The van der Waals surface area contributed by atoms with Crippen molar-refractivity contribution in [3.05, 3.63) is 60.3 Å². The van der Waals surface area contributed by atoms with E-state index in [-0.39, 0.29) is 24.4 Å². The highest BCUT2D eigenvalue weighted by atomic mass is 16.5. The van der Waals surface area contributed by atoms with Gasteiger partial charge in [-0.25, -0.2) is 0 Å². The first-order valence-electron chi connectivity index (χ1n) is 10.2. The van der Waals surface area contributed by atoms with Gasteiger partial charge in [-0.15, -0.1) is 0 Å². The molecule has 0 spiro atoms. The van der Waals surface area contributed by atoms with Crippen LogP contribution >= 0.6 is 0 Å². The molecule has 1 atom stereocenters. The summed E-state index contributed by atoms with van der Waals surface area (Å²) < 4.78 is 6.93. The fourth-order valence-corrected chi connectivity index (χ4v) is 3.86. The minimum atomic E-state index is -0.0819. The van der Waals surface area contributed by atoms with Crippen molar-refractivity contribution in [3.63, 3.8) is 0 Å². The van der Waals surface area contributed by atoms with Gasteiger partial charge >= 0.3 is 0 Å². The molecule has 1 unspecified atom stereocenters. The van der Waals surface area contributed by atoms with Gasteiger partial charge in [0.05, 0.1) is 12.6 Å². The number of carbonyl (C=O) groups is 2. The number of nitrogens with zero attached hydrogens (tertiary/aromatic N) is 3. The van der Waals surface area contributed by atoms with Gasteiger partial charge in [0.1, 0.15) is 12.3 Å². The van der Waals surface area contributed by atoms with Crippen LogP contribution in [0.25, 0.3) is 10.9 Å². The summed E-state index contributed by atoms with van der Waals surface area (Å²) in [5.41, 5.74) is 1.91. The van der Waals surface area contributed by atoms with Crippen LogP contribution in [-0.4, -0.2) is 46.2 Å². The Morgan fingerprint density at radius 2 is 2.07 bits per heavy atom. The SMILES string of the molecule is COc1cccc(CN2CCC(NC(=O)Cn3cc4ccccc4n3)CCC2=O)c1. The third-order valence-electron chi connectivity index (χ3n) is 5.45. The van der Waals surface area contributed by atoms with Crippen molar-refractivity contribution >= 4 is 22.7 Å². The molecular formula is C23H26N4O3. The maximum Gasteiger partial charge on any atom is 0.241 e. The van der Waals surface area contributed by atoms with Crippen LogP contribution in [0.5, 0.6) is 5.75 Å². The van der Waals surface area contributed by atoms with Crippen molar-refractivity contribution < 1.29 is 14.3 Å². The predicted octanol–water partition coefficient (Wildman–Crippen LogP) is 2.74.